The second-order valence-corrected chi connectivity index (χ2v) is 6.48. The van der Waals surface area contributed by atoms with Crippen LogP contribution >= 0.6 is 11.6 Å². The van der Waals surface area contributed by atoms with Crippen LogP contribution in [0.15, 0.2) is 77.2 Å². The fourth-order valence-electron chi connectivity index (χ4n) is 2.74. The summed E-state index contributed by atoms with van der Waals surface area (Å²) in [4.78, 5) is 0. The van der Waals surface area contributed by atoms with Gasteiger partial charge in [0.05, 0.1) is 5.02 Å². The molecule has 4 nitrogen and oxygen atoms in total. The van der Waals surface area contributed by atoms with Gasteiger partial charge in [0.25, 0.3) is 0 Å². The van der Waals surface area contributed by atoms with Gasteiger partial charge in [0.15, 0.2) is 0 Å². The minimum absolute atomic E-state index is 0.0154. The Morgan fingerprint density at radius 2 is 1.64 bits per heavy atom. The van der Waals surface area contributed by atoms with Crippen molar-refractivity contribution in [3.05, 3.63) is 101 Å². The number of hydrogen-bond acceptors (Lipinski definition) is 4. The molecule has 0 amide bonds. The molecule has 0 saturated carbocycles. The van der Waals surface area contributed by atoms with Gasteiger partial charge in [-0.05, 0) is 48.0 Å². The fraction of sp³-hybridized carbons (Fsp3) is 0.0476. The summed E-state index contributed by atoms with van der Waals surface area (Å²) in [7, 11) is 0. The first kappa shape index (κ1) is 18.1. The van der Waals surface area contributed by atoms with E-state index in [0.29, 0.717) is 17.1 Å². The van der Waals surface area contributed by atoms with Crippen LogP contribution in [0.3, 0.4) is 0 Å². The van der Waals surface area contributed by atoms with E-state index < -0.39 is 11.9 Å². The van der Waals surface area contributed by atoms with Gasteiger partial charge in [-0.2, -0.15) is 0 Å². The first-order valence-electron chi connectivity index (χ1n) is 8.46. The third-order valence-electron chi connectivity index (χ3n) is 4.14. The zero-order valence-corrected chi connectivity index (χ0v) is 15.2. The van der Waals surface area contributed by atoms with Gasteiger partial charge in [-0.25, -0.2) is 8.78 Å². The summed E-state index contributed by atoms with van der Waals surface area (Å²) in [5, 5.41) is 11.4. The van der Waals surface area contributed by atoms with Gasteiger partial charge < -0.3 is 9.73 Å². The van der Waals surface area contributed by atoms with Crippen LogP contribution in [0.2, 0.25) is 5.02 Å². The molecule has 0 saturated heterocycles. The second-order valence-electron chi connectivity index (χ2n) is 6.07. The van der Waals surface area contributed by atoms with Crippen molar-refractivity contribution >= 4 is 17.3 Å². The summed E-state index contributed by atoms with van der Waals surface area (Å²) < 4.78 is 32.7. The Balaban J connectivity index is 1.71. The number of nitrogens with zero attached hydrogens (tertiary/aromatic N) is 2. The van der Waals surface area contributed by atoms with Crippen LogP contribution in [0.25, 0.3) is 11.5 Å². The summed E-state index contributed by atoms with van der Waals surface area (Å²) in [6.45, 7) is 0. The summed E-state index contributed by atoms with van der Waals surface area (Å²) >= 11 is 5.88. The molecule has 1 aromatic heterocycles. The van der Waals surface area contributed by atoms with Crippen LogP contribution in [0.5, 0.6) is 0 Å². The van der Waals surface area contributed by atoms with Gasteiger partial charge in [-0.3, -0.25) is 0 Å². The van der Waals surface area contributed by atoms with E-state index in [1.54, 1.807) is 18.2 Å². The van der Waals surface area contributed by atoms with E-state index >= 15 is 0 Å². The predicted molar refractivity (Wildman–Crippen MR) is 103 cm³/mol. The van der Waals surface area contributed by atoms with Gasteiger partial charge in [-0.15, -0.1) is 10.2 Å². The quantitative estimate of drug-likeness (QED) is 0.457. The van der Waals surface area contributed by atoms with Crippen LogP contribution < -0.4 is 5.32 Å². The fourth-order valence-corrected chi connectivity index (χ4v) is 2.92. The van der Waals surface area contributed by atoms with Gasteiger partial charge >= 0.3 is 0 Å². The minimum Gasteiger partial charge on any atom is -0.418 e. The standard InChI is InChI=1S/C21H14ClF2N3O/c22-17-12-16(10-11-18(17)24)25-19(13-6-8-15(23)9-7-13)21-27-26-20(28-21)14-4-2-1-3-5-14/h1-12,19,25H. The summed E-state index contributed by atoms with van der Waals surface area (Å²) in [5.74, 6) is -0.231. The maximum Gasteiger partial charge on any atom is 0.247 e. The Bertz CT molecular complexity index is 1080. The highest BCUT2D eigenvalue weighted by Gasteiger charge is 2.22. The van der Waals surface area contributed by atoms with Gasteiger partial charge in [0, 0.05) is 11.3 Å². The number of halogens is 3. The second kappa shape index (κ2) is 7.78. The number of benzene rings is 3. The number of aromatic nitrogens is 2. The van der Waals surface area contributed by atoms with Crippen molar-refractivity contribution in [3.8, 4) is 11.5 Å². The maximum atomic E-state index is 13.5. The molecule has 0 spiro atoms. The van der Waals surface area contributed by atoms with Crippen LogP contribution in [-0.4, -0.2) is 10.2 Å². The highest BCUT2D eigenvalue weighted by Crippen LogP contribution is 2.30. The average molecular weight is 398 g/mol. The van der Waals surface area contributed by atoms with Crippen LogP contribution in [-0.2, 0) is 0 Å². The maximum absolute atomic E-state index is 13.5. The molecule has 1 atom stereocenters. The van der Waals surface area contributed by atoms with E-state index in [0.717, 1.165) is 5.56 Å². The molecule has 0 bridgehead atoms. The summed E-state index contributed by atoms with van der Waals surface area (Å²) in [6.07, 6.45) is 0. The molecule has 140 valence electrons. The molecule has 7 heteroatoms. The molecule has 0 aliphatic rings. The summed E-state index contributed by atoms with van der Waals surface area (Å²) in [5.41, 5.74) is 2.04. The van der Waals surface area contributed by atoms with Crippen LogP contribution in [0.1, 0.15) is 17.5 Å². The van der Waals surface area contributed by atoms with Crippen molar-refractivity contribution in [2.24, 2.45) is 0 Å². The smallest absolute Gasteiger partial charge is 0.247 e. The predicted octanol–water partition coefficient (Wildman–Crippen LogP) is 5.87. The molecule has 0 aliphatic carbocycles. The monoisotopic (exact) mass is 397 g/mol. The highest BCUT2D eigenvalue weighted by atomic mass is 35.5. The van der Waals surface area contributed by atoms with E-state index in [1.807, 2.05) is 30.3 Å². The Labute approximate surface area is 164 Å². The Kier molecular flexibility index (Phi) is 5.04. The zero-order valence-electron chi connectivity index (χ0n) is 14.4. The third-order valence-corrected chi connectivity index (χ3v) is 4.43. The Morgan fingerprint density at radius 1 is 0.893 bits per heavy atom. The molecule has 4 rings (SSSR count). The van der Waals surface area contributed by atoms with E-state index in [1.165, 1.54) is 24.3 Å². The Morgan fingerprint density at radius 3 is 2.36 bits per heavy atom. The number of nitrogens with one attached hydrogen (secondary N) is 1. The normalized spacial score (nSPS) is 12.0. The molecule has 1 N–H and O–H groups in total. The molecule has 28 heavy (non-hydrogen) atoms. The molecule has 0 aliphatic heterocycles. The molecule has 4 aromatic rings. The van der Waals surface area contributed by atoms with E-state index in [-0.39, 0.29) is 16.7 Å². The first-order valence-corrected chi connectivity index (χ1v) is 8.84. The SMILES string of the molecule is Fc1ccc(C(Nc2ccc(F)c(Cl)c2)c2nnc(-c3ccccc3)o2)cc1. The van der Waals surface area contributed by atoms with Crippen LogP contribution in [0.4, 0.5) is 14.5 Å². The van der Waals surface area contributed by atoms with Crippen molar-refractivity contribution < 1.29 is 13.2 Å². The van der Waals surface area contributed by atoms with Gasteiger partial charge in [-0.1, -0.05) is 41.9 Å². The van der Waals surface area contributed by atoms with Crippen molar-refractivity contribution in [2.75, 3.05) is 5.32 Å². The van der Waals surface area contributed by atoms with E-state index in [4.69, 9.17) is 16.0 Å². The molecular weight excluding hydrogens is 384 g/mol. The lowest BCUT2D eigenvalue weighted by Crippen LogP contribution is -2.13. The molecular formula is C21H14ClF2N3O. The number of hydrogen-bond donors (Lipinski definition) is 1. The molecule has 1 heterocycles. The topological polar surface area (TPSA) is 51.0 Å². The highest BCUT2D eigenvalue weighted by molar-refractivity contribution is 6.31. The third kappa shape index (κ3) is 3.87. The Hall–Kier alpha value is -3.25. The molecule has 0 radical (unpaired) electrons. The first-order chi connectivity index (χ1) is 13.6. The molecule has 0 fully saturated rings. The lowest BCUT2D eigenvalue weighted by molar-refractivity contribution is 0.493. The van der Waals surface area contributed by atoms with Crippen molar-refractivity contribution in [2.45, 2.75) is 6.04 Å². The van der Waals surface area contributed by atoms with Crippen molar-refractivity contribution in [1.29, 1.82) is 0 Å². The van der Waals surface area contributed by atoms with Gasteiger partial charge in [0.2, 0.25) is 11.8 Å². The van der Waals surface area contributed by atoms with E-state index in [9.17, 15) is 8.78 Å². The molecule has 1 unspecified atom stereocenters. The van der Waals surface area contributed by atoms with Gasteiger partial charge in [0.1, 0.15) is 17.7 Å². The minimum atomic E-state index is -0.577. The zero-order chi connectivity index (χ0) is 19.5. The number of rotatable bonds is 5. The van der Waals surface area contributed by atoms with E-state index in [2.05, 4.69) is 15.5 Å². The average Bonchev–Trinajstić information content (AvgIpc) is 3.20. The van der Waals surface area contributed by atoms with Crippen LogP contribution in [0, 0.1) is 11.6 Å². The van der Waals surface area contributed by atoms with Crippen molar-refractivity contribution in [1.82, 2.24) is 10.2 Å². The molecule has 3 aromatic carbocycles. The number of anilines is 1. The lowest BCUT2D eigenvalue weighted by Gasteiger charge is -2.17. The lowest BCUT2D eigenvalue weighted by atomic mass is 10.1. The largest absolute Gasteiger partial charge is 0.418 e. The van der Waals surface area contributed by atoms with Crippen molar-refractivity contribution in [3.63, 3.8) is 0 Å². The summed E-state index contributed by atoms with van der Waals surface area (Å²) in [6, 6.07) is 19.0.